The zero-order valence-electron chi connectivity index (χ0n) is 14.4. The van der Waals surface area contributed by atoms with Crippen LogP contribution in [-0.4, -0.2) is 34.9 Å². The highest BCUT2D eigenvalue weighted by Crippen LogP contribution is 2.34. The van der Waals surface area contributed by atoms with Crippen molar-refractivity contribution in [2.24, 2.45) is 5.73 Å². The van der Waals surface area contributed by atoms with E-state index in [9.17, 15) is 28.1 Å². The number of nitro benzene ring substituents is 1. The molecular weight excluding hydrogens is 399 g/mol. The number of nitrogens with zero attached hydrogens (tertiary/aromatic N) is 2. The Hall–Kier alpha value is -2.65. The maximum Gasteiger partial charge on any atom is 0.416 e. The molecule has 1 amide bonds. The van der Waals surface area contributed by atoms with Crippen molar-refractivity contribution in [1.29, 1.82) is 0 Å². The highest BCUT2D eigenvalue weighted by Gasteiger charge is 2.38. The van der Waals surface area contributed by atoms with Gasteiger partial charge < -0.3 is 10.6 Å². The summed E-state index contributed by atoms with van der Waals surface area (Å²) < 4.78 is 38.5. The Balaban J connectivity index is 0.00000280. The van der Waals surface area contributed by atoms with E-state index in [2.05, 4.69) is 0 Å². The summed E-state index contributed by atoms with van der Waals surface area (Å²) in [5, 5.41) is 11.2. The average molecular weight is 416 g/mol. The van der Waals surface area contributed by atoms with Crippen LogP contribution >= 0.6 is 12.4 Å². The van der Waals surface area contributed by atoms with E-state index in [1.54, 1.807) is 0 Å². The van der Waals surface area contributed by atoms with E-state index < -0.39 is 28.3 Å². The van der Waals surface area contributed by atoms with E-state index in [0.717, 1.165) is 11.6 Å². The molecule has 6 nitrogen and oxygen atoms in total. The van der Waals surface area contributed by atoms with Gasteiger partial charge in [0, 0.05) is 31.1 Å². The Morgan fingerprint density at radius 1 is 1.14 bits per heavy atom. The van der Waals surface area contributed by atoms with Crippen LogP contribution in [0.15, 0.2) is 48.5 Å². The average Bonchev–Trinajstić information content (AvgIpc) is 3.02. The minimum atomic E-state index is -4.74. The van der Waals surface area contributed by atoms with Gasteiger partial charge >= 0.3 is 6.18 Å². The second kappa shape index (κ2) is 8.15. The van der Waals surface area contributed by atoms with Crippen molar-refractivity contribution >= 4 is 24.0 Å². The van der Waals surface area contributed by atoms with Crippen molar-refractivity contribution in [3.05, 3.63) is 75.3 Å². The van der Waals surface area contributed by atoms with Crippen LogP contribution < -0.4 is 5.73 Å². The molecule has 1 heterocycles. The maximum absolute atomic E-state index is 12.8. The summed E-state index contributed by atoms with van der Waals surface area (Å²) in [5.41, 5.74) is 4.63. The number of rotatable bonds is 3. The van der Waals surface area contributed by atoms with Crippen LogP contribution in [0.25, 0.3) is 0 Å². The van der Waals surface area contributed by atoms with E-state index in [1.165, 1.54) is 4.90 Å². The van der Waals surface area contributed by atoms with E-state index in [-0.39, 0.29) is 43.0 Å². The van der Waals surface area contributed by atoms with Crippen LogP contribution in [0.4, 0.5) is 18.9 Å². The van der Waals surface area contributed by atoms with Gasteiger partial charge in [0.2, 0.25) is 0 Å². The first-order valence-corrected chi connectivity index (χ1v) is 8.14. The summed E-state index contributed by atoms with van der Waals surface area (Å²) in [7, 11) is 0. The lowest BCUT2D eigenvalue weighted by Crippen LogP contribution is -2.32. The third-order valence-electron chi connectivity index (χ3n) is 4.63. The highest BCUT2D eigenvalue weighted by molar-refractivity contribution is 5.98. The van der Waals surface area contributed by atoms with Crippen LogP contribution in [0.2, 0.25) is 0 Å². The van der Waals surface area contributed by atoms with Gasteiger partial charge in [0.1, 0.15) is 5.56 Å². The molecule has 0 spiro atoms. The summed E-state index contributed by atoms with van der Waals surface area (Å²) in [5.74, 6) is -0.854. The number of amides is 1. The molecule has 2 atom stereocenters. The van der Waals surface area contributed by atoms with Gasteiger partial charge in [-0.25, -0.2) is 0 Å². The van der Waals surface area contributed by atoms with Crippen molar-refractivity contribution in [2.75, 3.05) is 13.1 Å². The number of carbonyl (C=O) groups excluding carboxylic acids is 1. The molecule has 0 unspecified atom stereocenters. The molecule has 0 aliphatic carbocycles. The number of halogens is 4. The van der Waals surface area contributed by atoms with Gasteiger partial charge in [-0.05, 0) is 17.7 Å². The van der Waals surface area contributed by atoms with Crippen LogP contribution in [0.1, 0.15) is 27.4 Å². The molecule has 2 aromatic carbocycles. The van der Waals surface area contributed by atoms with Gasteiger partial charge in [0.25, 0.3) is 11.6 Å². The summed E-state index contributed by atoms with van der Waals surface area (Å²) in [6, 6.07) is 10.8. The van der Waals surface area contributed by atoms with E-state index >= 15 is 0 Å². The third-order valence-corrected chi connectivity index (χ3v) is 4.63. The second-order valence-electron chi connectivity index (χ2n) is 6.38. The number of alkyl halides is 3. The molecule has 1 aliphatic heterocycles. The molecule has 0 radical (unpaired) electrons. The van der Waals surface area contributed by atoms with E-state index in [4.69, 9.17) is 5.73 Å². The highest BCUT2D eigenvalue weighted by atomic mass is 35.5. The Kier molecular flexibility index (Phi) is 6.30. The number of hydrogen-bond donors (Lipinski definition) is 1. The Morgan fingerprint density at radius 2 is 1.79 bits per heavy atom. The molecule has 10 heteroatoms. The normalized spacial score (nSPS) is 19.2. The standard InChI is InChI=1S/C18H16F3N3O3.ClH/c19-18(20,21)12-6-7-13(16(8-12)24(26)27)17(25)23-9-14(15(22)10-23)11-4-2-1-3-5-11;/h1-8,14-15H,9-10,22H2;1H/t14-,15+;/m0./s1. The largest absolute Gasteiger partial charge is 0.416 e. The molecule has 28 heavy (non-hydrogen) atoms. The molecule has 1 aliphatic rings. The number of nitro groups is 1. The summed E-state index contributed by atoms with van der Waals surface area (Å²) in [4.78, 5) is 24.3. The Morgan fingerprint density at radius 3 is 2.36 bits per heavy atom. The molecule has 1 fully saturated rings. The maximum atomic E-state index is 12.8. The number of nitrogens with two attached hydrogens (primary N) is 1. The predicted molar refractivity (Wildman–Crippen MR) is 98.4 cm³/mol. The summed E-state index contributed by atoms with van der Waals surface area (Å²) in [6.07, 6.45) is -4.74. The fourth-order valence-corrected chi connectivity index (χ4v) is 3.26. The van der Waals surface area contributed by atoms with Gasteiger partial charge in [-0.2, -0.15) is 13.2 Å². The molecular formula is C18H17ClF3N3O3. The number of benzene rings is 2. The molecule has 3 rings (SSSR count). The number of likely N-dealkylation sites (tertiary alicyclic amines) is 1. The first-order valence-electron chi connectivity index (χ1n) is 8.14. The van der Waals surface area contributed by atoms with Crippen molar-refractivity contribution in [3.8, 4) is 0 Å². The van der Waals surface area contributed by atoms with Gasteiger partial charge in [-0.1, -0.05) is 30.3 Å². The summed E-state index contributed by atoms with van der Waals surface area (Å²) >= 11 is 0. The van der Waals surface area contributed by atoms with Gasteiger partial charge in [0.05, 0.1) is 10.5 Å². The molecule has 0 aromatic heterocycles. The van der Waals surface area contributed by atoms with Crippen LogP contribution in [-0.2, 0) is 6.18 Å². The van der Waals surface area contributed by atoms with Crippen molar-refractivity contribution in [3.63, 3.8) is 0 Å². The van der Waals surface area contributed by atoms with E-state index in [1.807, 2.05) is 30.3 Å². The zero-order valence-corrected chi connectivity index (χ0v) is 15.2. The fraction of sp³-hybridized carbons (Fsp3) is 0.278. The summed E-state index contributed by atoms with van der Waals surface area (Å²) in [6.45, 7) is 0.402. The quantitative estimate of drug-likeness (QED) is 0.612. The minimum Gasteiger partial charge on any atom is -0.336 e. The lowest BCUT2D eigenvalue weighted by atomic mass is 9.95. The Labute approximate surface area is 164 Å². The van der Waals surface area contributed by atoms with Crippen LogP contribution in [0.3, 0.4) is 0 Å². The molecule has 0 bridgehead atoms. The first-order chi connectivity index (χ1) is 12.7. The third kappa shape index (κ3) is 4.26. The van der Waals surface area contributed by atoms with Crippen molar-refractivity contribution in [2.45, 2.75) is 18.1 Å². The smallest absolute Gasteiger partial charge is 0.336 e. The van der Waals surface area contributed by atoms with Gasteiger partial charge in [0.15, 0.2) is 0 Å². The zero-order chi connectivity index (χ0) is 19.8. The van der Waals surface area contributed by atoms with Gasteiger partial charge in [-0.15, -0.1) is 12.4 Å². The molecule has 0 saturated carbocycles. The van der Waals surface area contributed by atoms with Crippen LogP contribution in [0.5, 0.6) is 0 Å². The fourth-order valence-electron chi connectivity index (χ4n) is 3.26. The second-order valence-corrected chi connectivity index (χ2v) is 6.38. The predicted octanol–water partition coefficient (Wildman–Crippen LogP) is 3.60. The molecule has 2 N–H and O–H groups in total. The lowest BCUT2D eigenvalue weighted by molar-refractivity contribution is -0.385. The molecule has 150 valence electrons. The molecule has 2 aromatic rings. The van der Waals surface area contributed by atoms with Crippen molar-refractivity contribution < 1.29 is 22.9 Å². The molecule has 1 saturated heterocycles. The first kappa shape index (κ1) is 21.6. The monoisotopic (exact) mass is 415 g/mol. The SMILES string of the molecule is Cl.N[C@@H]1CN(C(=O)c2ccc(C(F)(F)F)cc2[N+](=O)[O-])C[C@H]1c1ccccc1. The number of carbonyl (C=O) groups is 1. The topological polar surface area (TPSA) is 89.5 Å². The van der Waals surface area contributed by atoms with Crippen molar-refractivity contribution in [1.82, 2.24) is 4.90 Å². The lowest BCUT2D eigenvalue weighted by Gasteiger charge is -2.17. The van der Waals surface area contributed by atoms with Crippen LogP contribution in [0, 0.1) is 10.1 Å². The van der Waals surface area contributed by atoms with E-state index in [0.29, 0.717) is 12.1 Å². The Bertz CT molecular complexity index is 877. The van der Waals surface area contributed by atoms with Gasteiger partial charge in [-0.3, -0.25) is 14.9 Å². The minimum absolute atomic E-state index is 0. The number of hydrogen-bond acceptors (Lipinski definition) is 4.